The fourth-order valence-corrected chi connectivity index (χ4v) is 4.86. The van der Waals surface area contributed by atoms with Gasteiger partial charge in [0.05, 0.1) is 17.1 Å². The quantitative estimate of drug-likeness (QED) is 0.332. The van der Waals surface area contributed by atoms with Crippen molar-refractivity contribution in [1.82, 2.24) is 0 Å². The fourth-order valence-electron chi connectivity index (χ4n) is 2.55. The van der Waals surface area contributed by atoms with E-state index in [2.05, 4.69) is 5.32 Å². The molecule has 1 unspecified atom stereocenters. The number of non-ortho nitro benzene ring substituents is 1. The van der Waals surface area contributed by atoms with Crippen molar-refractivity contribution in [3.63, 3.8) is 0 Å². The molecule has 146 valence electrons. The first kappa shape index (κ1) is 21.1. The molecule has 0 aliphatic heterocycles. The molecule has 7 nitrogen and oxygen atoms in total. The molecular weight excluding hydrogens is 367 g/mol. The molecule has 2 rings (SSSR count). The number of hydrogen-bond donors (Lipinski definition) is 1. The van der Waals surface area contributed by atoms with E-state index in [1.165, 1.54) is 12.1 Å². The number of nitrogens with one attached hydrogen (secondary N) is 1. The molecule has 0 saturated heterocycles. The second kappa shape index (κ2) is 9.13. The van der Waals surface area contributed by atoms with Crippen molar-refractivity contribution in [2.24, 2.45) is 0 Å². The van der Waals surface area contributed by atoms with Gasteiger partial charge in [0, 0.05) is 17.8 Å². The summed E-state index contributed by atoms with van der Waals surface area (Å²) in [6, 6.07) is 15.1. The van der Waals surface area contributed by atoms with Crippen molar-refractivity contribution < 1.29 is 18.5 Å². The van der Waals surface area contributed by atoms with Gasteiger partial charge in [-0.05, 0) is 45.4 Å². The summed E-state index contributed by atoms with van der Waals surface area (Å²) in [6.45, 7) is 7.18. The maximum absolute atomic E-state index is 13.7. The van der Waals surface area contributed by atoms with E-state index in [-0.39, 0.29) is 17.9 Å². The first-order chi connectivity index (χ1) is 12.7. The maximum atomic E-state index is 13.7. The Balaban J connectivity index is 2.43. The topological polar surface area (TPSA) is 90.7 Å². The SMILES string of the molecule is CC(C)OP(=O)(OC(C)C)C(Nc1ccc([N+](=O)[O-])cc1)c1ccccc1. The van der Waals surface area contributed by atoms with Crippen LogP contribution in [-0.4, -0.2) is 17.1 Å². The molecule has 0 bridgehead atoms. The highest BCUT2D eigenvalue weighted by Gasteiger charge is 2.39. The molecule has 8 heteroatoms. The maximum Gasteiger partial charge on any atom is 0.357 e. The first-order valence-corrected chi connectivity index (χ1v) is 10.3. The number of nitro groups is 1. The van der Waals surface area contributed by atoms with Crippen molar-refractivity contribution >= 4 is 19.0 Å². The zero-order valence-electron chi connectivity index (χ0n) is 15.9. The Morgan fingerprint density at radius 2 is 1.44 bits per heavy atom. The lowest BCUT2D eigenvalue weighted by Crippen LogP contribution is -2.19. The number of hydrogen-bond acceptors (Lipinski definition) is 6. The van der Waals surface area contributed by atoms with Crippen LogP contribution in [0, 0.1) is 10.1 Å². The minimum atomic E-state index is -3.61. The number of rotatable bonds is 9. The van der Waals surface area contributed by atoms with Gasteiger partial charge in [-0.1, -0.05) is 30.3 Å². The molecule has 0 radical (unpaired) electrons. The van der Waals surface area contributed by atoms with E-state index in [9.17, 15) is 14.7 Å². The van der Waals surface area contributed by atoms with Gasteiger partial charge < -0.3 is 14.4 Å². The second-order valence-electron chi connectivity index (χ2n) is 6.61. The Morgan fingerprint density at radius 3 is 1.89 bits per heavy atom. The van der Waals surface area contributed by atoms with Gasteiger partial charge in [-0.25, -0.2) is 0 Å². The van der Waals surface area contributed by atoms with Gasteiger partial charge in [-0.3, -0.25) is 14.7 Å². The molecule has 0 amide bonds. The highest BCUT2D eigenvalue weighted by atomic mass is 31.2. The Bertz CT molecular complexity index is 780. The Morgan fingerprint density at radius 1 is 0.926 bits per heavy atom. The third-order valence-corrected chi connectivity index (χ3v) is 6.02. The van der Waals surface area contributed by atoms with E-state index in [0.29, 0.717) is 5.69 Å². The zero-order valence-corrected chi connectivity index (χ0v) is 16.8. The van der Waals surface area contributed by atoms with Crippen LogP contribution in [0.25, 0.3) is 0 Å². The molecule has 0 spiro atoms. The van der Waals surface area contributed by atoms with Crippen LogP contribution in [0.15, 0.2) is 54.6 Å². The smallest absolute Gasteiger partial charge is 0.357 e. The van der Waals surface area contributed by atoms with Crippen LogP contribution in [-0.2, 0) is 13.6 Å². The Hall–Kier alpha value is -2.21. The molecule has 2 aromatic carbocycles. The Kier molecular flexibility index (Phi) is 7.13. The highest BCUT2D eigenvalue weighted by Crippen LogP contribution is 2.62. The second-order valence-corrected chi connectivity index (χ2v) is 8.63. The number of nitrogens with zero attached hydrogens (tertiary/aromatic N) is 1. The van der Waals surface area contributed by atoms with Crippen LogP contribution in [0.3, 0.4) is 0 Å². The third kappa shape index (κ3) is 5.89. The van der Waals surface area contributed by atoms with E-state index < -0.39 is 18.3 Å². The summed E-state index contributed by atoms with van der Waals surface area (Å²) in [5.41, 5.74) is 1.30. The number of anilines is 1. The van der Waals surface area contributed by atoms with Crippen molar-refractivity contribution in [2.45, 2.75) is 45.7 Å². The minimum Gasteiger partial charge on any atom is -0.368 e. The summed E-state index contributed by atoms with van der Waals surface area (Å²) < 4.78 is 25.2. The van der Waals surface area contributed by atoms with Gasteiger partial charge in [0.1, 0.15) is 0 Å². The fraction of sp³-hybridized carbons (Fsp3) is 0.368. The van der Waals surface area contributed by atoms with E-state index in [1.54, 1.807) is 39.8 Å². The predicted molar refractivity (Wildman–Crippen MR) is 106 cm³/mol. The molecule has 0 aliphatic rings. The highest BCUT2D eigenvalue weighted by molar-refractivity contribution is 7.54. The van der Waals surface area contributed by atoms with Crippen LogP contribution >= 0.6 is 7.60 Å². The predicted octanol–water partition coefficient (Wildman–Crippen LogP) is 5.75. The van der Waals surface area contributed by atoms with Gasteiger partial charge in [-0.15, -0.1) is 0 Å². The van der Waals surface area contributed by atoms with Crippen molar-refractivity contribution in [1.29, 1.82) is 0 Å². The average molecular weight is 392 g/mol. The van der Waals surface area contributed by atoms with Crippen molar-refractivity contribution in [3.05, 3.63) is 70.3 Å². The lowest BCUT2D eigenvalue weighted by Gasteiger charge is -2.31. The molecule has 0 fully saturated rings. The summed E-state index contributed by atoms with van der Waals surface area (Å²) in [6.07, 6.45) is -0.612. The van der Waals surface area contributed by atoms with Gasteiger partial charge in [0.2, 0.25) is 0 Å². The van der Waals surface area contributed by atoms with Crippen LogP contribution in [0.4, 0.5) is 11.4 Å². The summed E-state index contributed by atoms with van der Waals surface area (Å²) >= 11 is 0. The van der Waals surface area contributed by atoms with Crippen molar-refractivity contribution in [3.8, 4) is 0 Å². The van der Waals surface area contributed by atoms with E-state index in [0.717, 1.165) is 5.56 Å². The summed E-state index contributed by atoms with van der Waals surface area (Å²) in [7, 11) is -3.61. The van der Waals surface area contributed by atoms with Gasteiger partial charge in [-0.2, -0.15) is 0 Å². The number of nitro benzene ring substituents is 1. The monoisotopic (exact) mass is 392 g/mol. The Labute approximate surface area is 159 Å². The normalized spacial score (nSPS) is 13.0. The summed E-state index contributed by atoms with van der Waals surface area (Å²) in [5, 5.41) is 14.0. The van der Waals surface area contributed by atoms with E-state index >= 15 is 0 Å². The van der Waals surface area contributed by atoms with Crippen molar-refractivity contribution in [2.75, 3.05) is 5.32 Å². The van der Waals surface area contributed by atoms with E-state index in [4.69, 9.17) is 9.05 Å². The third-order valence-electron chi connectivity index (χ3n) is 3.53. The van der Waals surface area contributed by atoms with Gasteiger partial charge in [0.15, 0.2) is 5.78 Å². The average Bonchev–Trinajstić information content (AvgIpc) is 2.59. The molecule has 27 heavy (non-hydrogen) atoms. The molecular formula is C19H25N2O5P. The van der Waals surface area contributed by atoms with Gasteiger partial charge >= 0.3 is 7.60 Å². The summed E-state index contributed by atoms with van der Waals surface area (Å²) in [4.78, 5) is 10.4. The first-order valence-electron chi connectivity index (χ1n) is 8.73. The van der Waals surface area contributed by atoms with Crippen LogP contribution < -0.4 is 5.32 Å². The zero-order chi connectivity index (χ0) is 20.0. The van der Waals surface area contributed by atoms with Crippen LogP contribution in [0.5, 0.6) is 0 Å². The lowest BCUT2D eigenvalue weighted by atomic mass is 10.2. The van der Waals surface area contributed by atoms with Gasteiger partial charge in [0.25, 0.3) is 5.69 Å². The standard InChI is InChI=1S/C19H25N2O5P/c1-14(2)25-27(24,26-15(3)4)19(16-8-6-5-7-9-16)20-17-10-12-18(13-11-17)21(22)23/h5-15,19-20H,1-4H3. The molecule has 0 heterocycles. The summed E-state index contributed by atoms with van der Waals surface area (Å²) in [5.74, 6) is -0.759. The number of benzene rings is 2. The van der Waals surface area contributed by atoms with Crippen LogP contribution in [0.2, 0.25) is 0 Å². The molecule has 2 aromatic rings. The molecule has 0 aromatic heterocycles. The molecule has 1 atom stereocenters. The molecule has 0 aliphatic carbocycles. The minimum absolute atomic E-state index is 0.0168. The lowest BCUT2D eigenvalue weighted by molar-refractivity contribution is -0.384. The largest absolute Gasteiger partial charge is 0.368 e. The molecule has 0 saturated carbocycles. The van der Waals surface area contributed by atoms with E-state index in [1.807, 2.05) is 30.3 Å². The molecule has 1 N–H and O–H groups in total. The van der Waals surface area contributed by atoms with Crippen LogP contribution in [0.1, 0.15) is 39.0 Å².